The number of carbonyl (C=O) groups is 2. The monoisotopic (exact) mass is 400 g/mol. The lowest BCUT2D eigenvalue weighted by atomic mass is 10.1. The van der Waals surface area contributed by atoms with Crippen LogP contribution in [0.1, 0.15) is 12.0 Å². The van der Waals surface area contributed by atoms with Gasteiger partial charge < -0.3 is 19.3 Å². The Morgan fingerprint density at radius 2 is 1.69 bits per heavy atom. The molecule has 0 unspecified atom stereocenters. The highest BCUT2D eigenvalue weighted by molar-refractivity contribution is 5.81. The van der Waals surface area contributed by atoms with Crippen LogP contribution in [0.3, 0.4) is 0 Å². The molecule has 0 radical (unpaired) electrons. The van der Waals surface area contributed by atoms with Crippen molar-refractivity contribution < 1.29 is 23.5 Å². The highest BCUT2D eigenvalue weighted by Crippen LogP contribution is 2.20. The molecule has 6 nitrogen and oxygen atoms in total. The van der Waals surface area contributed by atoms with Crippen LogP contribution >= 0.6 is 0 Å². The molecule has 1 amide bonds. The Kier molecular flexibility index (Phi) is 7.05. The zero-order chi connectivity index (χ0) is 20.6. The lowest BCUT2D eigenvalue weighted by molar-refractivity contribution is -0.152. The molecule has 0 atom stereocenters. The smallest absolute Gasteiger partial charge is 0.306 e. The predicted octanol–water partition coefficient (Wildman–Crippen LogP) is 2.66. The summed E-state index contributed by atoms with van der Waals surface area (Å²) in [5, 5.41) is 0. The molecule has 1 heterocycles. The van der Waals surface area contributed by atoms with Crippen LogP contribution in [0, 0.1) is 5.82 Å². The maximum Gasteiger partial charge on any atom is 0.306 e. The van der Waals surface area contributed by atoms with E-state index in [0.29, 0.717) is 31.7 Å². The number of piperazine rings is 1. The fourth-order valence-electron chi connectivity index (χ4n) is 3.25. The van der Waals surface area contributed by atoms with Gasteiger partial charge in [-0.05, 0) is 42.3 Å². The zero-order valence-corrected chi connectivity index (χ0v) is 16.5. The highest BCUT2D eigenvalue weighted by atomic mass is 19.1. The van der Waals surface area contributed by atoms with Crippen molar-refractivity contribution >= 4 is 17.6 Å². The third kappa shape index (κ3) is 5.70. The summed E-state index contributed by atoms with van der Waals surface area (Å²) in [6.07, 6.45) is 0.291. The zero-order valence-electron chi connectivity index (χ0n) is 16.5. The number of carbonyl (C=O) groups excluding carboxylic acids is 2. The predicted molar refractivity (Wildman–Crippen MR) is 107 cm³/mol. The quantitative estimate of drug-likeness (QED) is 0.669. The van der Waals surface area contributed by atoms with E-state index in [2.05, 4.69) is 4.90 Å². The van der Waals surface area contributed by atoms with Gasteiger partial charge in [-0.2, -0.15) is 0 Å². The van der Waals surface area contributed by atoms with Gasteiger partial charge in [0.05, 0.1) is 7.11 Å². The summed E-state index contributed by atoms with van der Waals surface area (Å²) in [4.78, 5) is 28.1. The fourth-order valence-corrected chi connectivity index (χ4v) is 3.25. The third-order valence-corrected chi connectivity index (χ3v) is 4.98. The Bertz CT molecular complexity index is 833. The topological polar surface area (TPSA) is 59.1 Å². The molecule has 0 N–H and O–H groups in total. The molecular weight excluding hydrogens is 375 g/mol. The van der Waals surface area contributed by atoms with E-state index < -0.39 is 5.97 Å². The number of hydrogen-bond acceptors (Lipinski definition) is 5. The molecule has 0 spiro atoms. The van der Waals surface area contributed by atoms with Gasteiger partial charge in [-0.25, -0.2) is 4.39 Å². The molecule has 0 aliphatic carbocycles. The molecule has 2 aromatic carbocycles. The number of amides is 1. The van der Waals surface area contributed by atoms with E-state index in [1.54, 1.807) is 30.2 Å². The van der Waals surface area contributed by atoms with Crippen LogP contribution in [0.15, 0.2) is 48.5 Å². The minimum absolute atomic E-state index is 0.0411. The van der Waals surface area contributed by atoms with Crippen LogP contribution in [-0.2, 0) is 20.7 Å². The minimum atomic E-state index is -0.501. The van der Waals surface area contributed by atoms with Gasteiger partial charge in [-0.15, -0.1) is 0 Å². The van der Waals surface area contributed by atoms with Crippen LogP contribution in [0.2, 0.25) is 0 Å². The Hall–Kier alpha value is -3.09. The van der Waals surface area contributed by atoms with Crippen LogP contribution in [0.4, 0.5) is 10.1 Å². The minimum Gasteiger partial charge on any atom is -0.497 e. The number of halogens is 1. The second-order valence-electron chi connectivity index (χ2n) is 6.82. The van der Waals surface area contributed by atoms with Crippen LogP contribution in [0.5, 0.6) is 5.75 Å². The summed E-state index contributed by atoms with van der Waals surface area (Å²) in [5.74, 6) is -0.248. The van der Waals surface area contributed by atoms with Crippen molar-refractivity contribution in [3.63, 3.8) is 0 Å². The van der Waals surface area contributed by atoms with Gasteiger partial charge in [-0.3, -0.25) is 9.59 Å². The average Bonchev–Trinajstić information content (AvgIpc) is 2.77. The van der Waals surface area contributed by atoms with Gasteiger partial charge in [0, 0.05) is 38.3 Å². The molecule has 0 saturated carbocycles. The molecule has 29 heavy (non-hydrogen) atoms. The lowest BCUT2D eigenvalue weighted by Gasteiger charge is -2.36. The van der Waals surface area contributed by atoms with E-state index in [1.807, 2.05) is 24.3 Å². The fraction of sp³-hybridized carbons (Fsp3) is 0.364. The van der Waals surface area contributed by atoms with E-state index in [1.165, 1.54) is 6.07 Å². The van der Waals surface area contributed by atoms with E-state index >= 15 is 0 Å². The van der Waals surface area contributed by atoms with E-state index in [-0.39, 0.29) is 31.2 Å². The summed E-state index contributed by atoms with van der Waals surface area (Å²) in [7, 11) is 1.63. The molecule has 0 aromatic heterocycles. The molecule has 7 heteroatoms. The number of hydrogen-bond donors (Lipinski definition) is 0. The van der Waals surface area contributed by atoms with E-state index in [4.69, 9.17) is 9.47 Å². The molecule has 1 aliphatic heterocycles. The van der Waals surface area contributed by atoms with Crippen molar-refractivity contribution in [2.45, 2.75) is 12.8 Å². The Balaban J connectivity index is 1.39. The SMILES string of the molecule is COc1ccc(N2CCN(C(=O)COC(=O)CCc3ccccc3F)CC2)cc1. The maximum absolute atomic E-state index is 13.6. The second kappa shape index (κ2) is 9.91. The average molecular weight is 400 g/mol. The molecular formula is C22H25FN2O4. The number of rotatable bonds is 7. The Morgan fingerprint density at radius 3 is 2.34 bits per heavy atom. The largest absolute Gasteiger partial charge is 0.497 e. The molecule has 0 bridgehead atoms. The van der Waals surface area contributed by atoms with Gasteiger partial charge in [0.1, 0.15) is 11.6 Å². The first-order chi connectivity index (χ1) is 14.1. The van der Waals surface area contributed by atoms with E-state index in [0.717, 1.165) is 11.4 Å². The van der Waals surface area contributed by atoms with Gasteiger partial charge >= 0.3 is 5.97 Å². The summed E-state index contributed by atoms with van der Waals surface area (Å²) in [6, 6.07) is 14.1. The number of benzene rings is 2. The van der Waals surface area contributed by atoms with E-state index in [9.17, 15) is 14.0 Å². The first-order valence-corrected chi connectivity index (χ1v) is 9.62. The normalized spacial score (nSPS) is 13.9. The van der Waals surface area contributed by atoms with Crippen molar-refractivity contribution in [1.82, 2.24) is 4.90 Å². The van der Waals surface area contributed by atoms with Crippen molar-refractivity contribution in [3.05, 3.63) is 59.9 Å². The van der Waals surface area contributed by atoms with Crippen molar-refractivity contribution in [2.24, 2.45) is 0 Å². The van der Waals surface area contributed by atoms with Crippen molar-refractivity contribution in [1.29, 1.82) is 0 Å². The molecule has 154 valence electrons. The number of esters is 1. The number of ether oxygens (including phenoxy) is 2. The number of nitrogens with zero attached hydrogens (tertiary/aromatic N) is 2. The Morgan fingerprint density at radius 1 is 1.00 bits per heavy atom. The second-order valence-corrected chi connectivity index (χ2v) is 6.82. The maximum atomic E-state index is 13.6. The molecule has 1 saturated heterocycles. The van der Waals surface area contributed by atoms with Crippen molar-refractivity contribution in [2.75, 3.05) is 44.8 Å². The van der Waals surface area contributed by atoms with Gasteiger partial charge in [-0.1, -0.05) is 18.2 Å². The van der Waals surface area contributed by atoms with Gasteiger partial charge in [0.2, 0.25) is 0 Å². The lowest BCUT2D eigenvalue weighted by Crippen LogP contribution is -2.49. The van der Waals surface area contributed by atoms with Crippen LogP contribution < -0.4 is 9.64 Å². The molecule has 1 fully saturated rings. The number of methoxy groups -OCH3 is 1. The van der Waals surface area contributed by atoms with Gasteiger partial charge in [0.25, 0.3) is 5.91 Å². The highest BCUT2D eigenvalue weighted by Gasteiger charge is 2.22. The van der Waals surface area contributed by atoms with Crippen LogP contribution in [-0.4, -0.2) is 56.7 Å². The summed E-state index contributed by atoms with van der Waals surface area (Å²) in [5.41, 5.74) is 1.54. The summed E-state index contributed by atoms with van der Waals surface area (Å²) in [6.45, 7) is 2.27. The van der Waals surface area contributed by atoms with Gasteiger partial charge in [0.15, 0.2) is 6.61 Å². The summed E-state index contributed by atoms with van der Waals surface area (Å²) >= 11 is 0. The number of aryl methyl sites for hydroxylation is 1. The van der Waals surface area contributed by atoms with Crippen molar-refractivity contribution in [3.8, 4) is 5.75 Å². The van der Waals surface area contributed by atoms with Crippen LogP contribution in [0.25, 0.3) is 0 Å². The first kappa shape index (κ1) is 20.6. The molecule has 3 rings (SSSR count). The standard InChI is InChI=1S/C22H25FN2O4/c1-28-19-9-7-18(8-10-19)24-12-14-25(15-13-24)21(26)16-29-22(27)11-6-17-4-2-3-5-20(17)23/h2-5,7-10H,6,11-16H2,1H3. The number of anilines is 1. The molecule has 1 aliphatic rings. The molecule has 2 aromatic rings. The summed E-state index contributed by atoms with van der Waals surface area (Å²) < 4.78 is 23.8. The first-order valence-electron chi connectivity index (χ1n) is 9.62. The Labute approximate surface area is 169 Å². The third-order valence-electron chi connectivity index (χ3n) is 4.98.